The predicted molar refractivity (Wildman–Crippen MR) is 77.2 cm³/mol. The highest BCUT2D eigenvalue weighted by Crippen LogP contribution is 2.35. The van der Waals surface area contributed by atoms with Gasteiger partial charge in [-0.2, -0.15) is 5.10 Å². The van der Waals surface area contributed by atoms with Crippen LogP contribution in [0.4, 0.5) is 0 Å². The molecule has 1 aliphatic heterocycles. The molecule has 0 saturated carbocycles. The molecular formula is C14H23BrN2O. The van der Waals surface area contributed by atoms with Gasteiger partial charge in [0.2, 0.25) is 0 Å². The van der Waals surface area contributed by atoms with Crippen molar-refractivity contribution in [1.29, 1.82) is 0 Å². The molecule has 4 heteroatoms. The van der Waals surface area contributed by atoms with Gasteiger partial charge in [-0.15, -0.1) is 0 Å². The third-order valence-electron chi connectivity index (χ3n) is 4.10. The molecule has 102 valence electrons. The third kappa shape index (κ3) is 3.15. The van der Waals surface area contributed by atoms with Crippen LogP contribution in [0.15, 0.2) is 12.3 Å². The number of alkyl halides is 1. The van der Waals surface area contributed by atoms with Crippen LogP contribution >= 0.6 is 15.9 Å². The Morgan fingerprint density at radius 2 is 2.22 bits per heavy atom. The fraction of sp³-hybridized carbons (Fsp3) is 0.786. The molecule has 0 radical (unpaired) electrons. The van der Waals surface area contributed by atoms with Gasteiger partial charge < -0.3 is 4.74 Å². The second kappa shape index (κ2) is 6.20. The van der Waals surface area contributed by atoms with Crippen molar-refractivity contribution in [3.63, 3.8) is 0 Å². The van der Waals surface area contributed by atoms with Crippen LogP contribution in [-0.2, 0) is 11.2 Å². The molecule has 0 spiro atoms. The summed E-state index contributed by atoms with van der Waals surface area (Å²) in [4.78, 5) is 0. The molecule has 1 saturated heterocycles. The molecule has 1 aliphatic rings. The van der Waals surface area contributed by atoms with Gasteiger partial charge in [0.05, 0.1) is 5.69 Å². The average Bonchev–Trinajstić information content (AvgIpc) is 2.87. The highest BCUT2D eigenvalue weighted by molar-refractivity contribution is 9.09. The standard InChI is InChI=1S/C14H23BrN2O/c1-3-12(2)17-7-4-13(16-17)10-14(11-15)5-8-18-9-6-14/h4,7,12H,3,5-6,8-11H2,1-2H3. The normalized spacial score (nSPS) is 20.8. The molecular weight excluding hydrogens is 292 g/mol. The van der Waals surface area contributed by atoms with Crippen molar-refractivity contribution in [2.45, 2.75) is 45.6 Å². The van der Waals surface area contributed by atoms with E-state index >= 15 is 0 Å². The summed E-state index contributed by atoms with van der Waals surface area (Å²) in [5, 5.41) is 5.76. The van der Waals surface area contributed by atoms with E-state index in [-0.39, 0.29) is 0 Å². The van der Waals surface area contributed by atoms with Crippen LogP contribution in [-0.4, -0.2) is 28.3 Å². The number of nitrogens with zero attached hydrogens (tertiary/aromatic N) is 2. The van der Waals surface area contributed by atoms with Gasteiger partial charge in [-0.3, -0.25) is 4.68 Å². The first-order valence-electron chi connectivity index (χ1n) is 6.87. The molecule has 1 aromatic rings. The molecule has 0 N–H and O–H groups in total. The average molecular weight is 315 g/mol. The quantitative estimate of drug-likeness (QED) is 0.777. The third-order valence-corrected chi connectivity index (χ3v) is 5.29. The Labute approximate surface area is 118 Å². The lowest BCUT2D eigenvalue weighted by atomic mass is 9.78. The van der Waals surface area contributed by atoms with E-state index in [1.54, 1.807) is 0 Å². The number of ether oxygens (including phenoxy) is 1. The molecule has 0 bridgehead atoms. The largest absolute Gasteiger partial charge is 0.381 e. The fourth-order valence-corrected chi connectivity index (χ4v) is 3.21. The molecule has 1 atom stereocenters. The van der Waals surface area contributed by atoms with E-state index in [4.69, 9.17) is 9.84 Å². The molecule has 1 aromatic heterocycles. The van der Waals surface area contributed by atoms with Crippen LogP contribution in [0.5, 0.6) is 0 Å². The maximum absolute atomic E-state index is 5.48. The van der Waals surface area contributed by atoms with E-state index in [0.717, 1.165) is 44.2 Å². The van der Waals surface area contributed by atoms with Crippen molar-refractivity contribution in [3.05, 3.63) is 18.0 Å². The van der Waals surface area contributed by atoms with Crippen LogP contribution in [0.2, 0.25) is 0 Å². The zero-order valence-corrected chi connectivity index (χ0v) is 12.9. The Hall–Kier alpha value is -0.350. The highest BCUT2D eigenvalue weighted by atomic mass is 79.9. The van der Waals surface area contributed by atoms with E-state index in [9.17, 15) is 0 Å². The predicted octanol–water partition coefficient (Wildman–Crippen LogP) is 3.59. The molecule has 0 aromatic carbocycles. The zero-order valence-electron chi connectivity index (χ0n) is 11.4. The molecule has 1 unspecified atom stereocenters. The van der Waals surface area contributed by atoms with Gasteiger partial charge in [0.1, 0.15) is 0 Å². The van der Waals surface area contributed by atoms with Crippen molar-refractivity contribution < 1.29 is 4.74 Å². The number of halogens is 1. The molecule has 2 heterocycles. The minimum Gasteiger partial charge on any atom is -0.381 e. The Balaban J connectivity index is 2.05. The molecule has 0 amide bonds. The zero-order chi connectivity index (χ0) is 13.0. The van der Waals surface area contributed by atoms with Gasteiger partial charge in [-0.1, -0.05) is 22.9 Å². The fourth-order valence-electron chi connectivity index (χ4n) is 2.45. The Morgan fingerprint density at radius 1 is 1.50 bits per heavy atom. The summed E-state index contributed by atoms with van der Waals surface area (Å²) >= 11 is 3.68. The maximum Gasteiger partial charge on any atom is 0.0630 e. The second-order valence-corrected chi connectivity index (χ2v) is 6.03. The van der Waals surface area contributed by atoms with Gasteiger partial charge in [0.25, 0.3) is 0 Å². The summed E-state index contributed by atoms with van der Waals surface area (Å²) in [5.41, 5.74) is 1.56. The Bertz CT molecular complexity index is 372. The first-order chi connectivity index (χ1) is 8.69. The minimum atomic E-state index is 0.340. The summed E-state index contributed by atoms with van der Waals surface area (Å²) in [6.07, 6.45) is 6.57. The Kier molecular flexibility index (Phi) is 4.84. The van der Waals surface area contributed by atoms with Crippen molar-refractivity contribution in [3.8, 4) is 0 Å². The lowest BCUT2D eigenvalue weighted by Gasteiger charge is -2.35. The van der Waals surface area contributed by atoms with Gasteiger partial charge in [0.15, 0.2) is 0 Å². The van der Waals surface area contributed by atoms with Gasteiger partial charge >= 0.3 is 0 Å². The lowest BCUT2D eigenvalue weighted by molar-refractivity contribution is 0.0265. The second-order valence-electron chi connectivity index (χ2n) is 5.47. The molecule has 1 fully saturated rings. The molecule has 3 nitrogen and oxygen atoms in total. The summed E-state index contributed by atoms with van der Waals surface area (Å²) < 4.78 is 7.57. The van der Waals surface area contributed by atoms with Crippen LogP contribution in [0.3, 0.4) is 0 Å². The van der Waals surface area contributed by atoms with E-state index in [2.05, 4.69) is 46.7 Å². The van der Waals surface area contributed by atoms with Crippen molar-refractivity contribution in [2.75, 3.05) is 18.5 Å². The van der Waals surface area contributed by atoms with Crippen molar-refractivity contribution >= 4 is 15.9 Å². The SMILES string of the molecule is CCC(C)n1ccc(CC2(CBr)CCOCC2)n1. The molecule has 2 rings (SSSR count). The summed E-state index contributed by atoms with van der Waals surface area (Å²) in [6.45, 7) is 6.19. The van der Waals surface area contributed by atoms with Crippen molar-refractivity contribution in [1.82, 2.24) is 9.78 Å². The maximum atomic E-state index is 5.48. The Morgan fingerprint density at radius 3 is 2.83 bits per heavy atom. The number of hydrogen-bond acceptors (Lipinski definition) is 2. The van der Waals surface area contributed by atoms with Crippen LogP contribution in [0.25, 0.3) is 0 Å². The first-order valence-corrected chi connectivity index (χ1v) is 7.99. The van der Waals surface area contributed by atoms with Crippen LogP contribution < -0.4 is 0 Å². The summed E-state index contributed by atoms with van der Waals surface area (Å²) in [5.74, 6) is 0. The number of aromatic nitrogens is 2. The molecule has 18 heavy (non-hydrogen) atoms. The molecule has 0 aliphatic carbocycles. The van der Waals surface area contributed by atoms with Gasteiger partial charge in [0, 0.05) is 30.8 Å². The van der Waals surface area contributed by atoms with E-state index < -0.39 is 0 Å². The summed E-state index contributed by atoms with van der Waals surface area (Å²) in [6, 6.07) is 2.67. The van der Waals surface area contributed by atoms with E-state index in [1.807, 2.05) is 0 Å². The van der Waals surface area contributed by atoms with E-state index in [0.29, 0.717) is 11.5 Å². The topological polar surface area (TPSA) is 27.1 Å². The van der Waals surface area contributed by atoms with E-state index in [1.165, 1.54) is 5.69 Å². The number of hydrogen-bond donors (Lipinski definition) is 0. The lowest BCUT2D eigenvalue weighted by Crippen LogP contribution is -2.33. The highest BCUT2D eigenvalue weighted by Gasteiger charge is 2.32. The van der Waals surface area contributed by atoms with Crippen molar-refractivity contribution in [2.24, 2.45) is 5.41 Å². The number of rotatable bonds is 5. The minimum absolute atomic E-state index is 0.340. The monoisotopic (exact) mass is 314 g/mol. The van der Waals surface area contributed by atoms with Gasteiger partial charge in [-0.25, -0.2) is 0 Å². The smallest absolute Gasteiger partial charge is 0.0630 e. The van der Waals surface area contributed by atoms with Gasteiger partial charge in [-0.05, 0) is 44.1 Å². The van der Waals surface area contributed by atoms with Crippen LogP contribution in [0, 0.1) is 5.41 Å². The first kappa shape index (κ1) is 14.1. The summed E-state index contributed by atoms with van der Waals surface area (Å²) in [7, 11) is 0. The van der Waals surface area contributed by atoms with Crippen LogP contribution in [0.1, 0.15) is 44.8 Å².